The smallest absolute Gasteiger partial charge is 0.226 e. The second kappa shape index (κ2) is 7.63. The predicted molar refractivity (Wildman–Crippen MR) is 79.2 cm³/mol. The number of nitrogens with zero attached hydrogens (tertiary/aromatic N) is 2. The molecule has 0 N–H and O–H groups in total. The Labute approximate surface area is 126 Å². The Morgan fingerprint density at radius 1 is 1.25 bits per heavy atom. The molecule has 0 bridgehead atoms. The summed E-state index contributed by atoms with van der Waals surface area (Å²) in [7, 11) is 6.87. The summed E-state index contributed by atoms with van der Waals surface area (Å²) in [5.41, 5.74) is 0. The molecule has 2 rings (SSSR count). The molecule has 1 aromatic heterocycles. The highest BCUT2D eigenvalue weighted by molar-refractivity contribution is 8.21. The highest BCUT2D eigenvalue weighted by Gasteiger charge is 2.06. The number of hydrogen-bond donors (Lipinski definition) is 0. The van der Waals surface area contributed by atoms with Gasteiger partial charge >= 0.3 is 0 Å². The lowest BCUT2D eigenvalue weighted by Gasteiger charge is -2.08. The molecule has 0 unspecified atom stereocenters. The van der Waals surface area contributed by atoms with E-state index in [0.717, 1.165) is 15.9 Å². The number of para-hydroxylation sites is 1. The summed E-state index contributed by atoms with van der Waals surface area (Å²) in [5, 5.41) is 0. The lowest BCUT2D eigenvalue weighted by atomic mass is 10.3. The van der Waals surface area contributed by atoms with Gasteiger partial charge in [-0.2, -0.15) is 0 Å². The van der Waals surface area contributed by atoms with Gasteiger partial charge in [-0.25, -0.2) is 9.97 Å². The third kappa shape index (κ3) is 4.05. The summed E-state index contributed by atoms with van der Waals surface area (Å²) < 4.78 is 11.0. The third-order valence-corrected chi connectivity index (χ3v) is 3.23. The van der Waals surface area contributed by atoms with Gasteiger partial charge in [-0.3, -0.25) is 0 Å². The first-order valence-corrected chi connectivity index (χ1v) is 7.37. The van der Waals surface area contributed by atoms with Crippen molar-refractivity contribution in [2.75, 3.05) is 6.61 Å². The number of benzene rings is 1. The molecule has 0 aliphatic rings. The average molecular weight is 307 g/mol. The van der Waals surface area contributed by atoms with Gasteiger partial charge in [0.15, 0.2) is 6.61 Å². The SMILES string of the molecule is CC#CCOc1cc(Oc2ccccc2SCl)ncn1. The van der Waals surface area contributed by atoms with Gasteiger partial charge in [0.2, 0.25) is 11.8 Å². The van der Waals surface area contributed by atoms with E-state index in [0.29, 0.717) is 17.5 Å². The van der Waals surface area contributed by atoms with Crippen molar-refractivity contribution in [3.63, 3.8) is 0 Å². The molecule has 6 heteroatoms. The Hall–Kier alpha value is -1.90. The van der Waals surface area contributed by atoms with E-state index in [-0.39, 0.29) is 6.61 Å². The van der Waals surface area contributed by atoms with Crippen LogP contribution in [0.4, 0.5) is 0 Å². The van der Waals surface area contributed by atoms with Gasteiger partial charge in [-0.05, 0) is 40.7 Å². The zero-order chi connectivity index (χ0) is 14.2. The summed E-state index contributed by atoms with van der Waals surface area (Å²) in [6.07, 6.45) is 1.38. The minimum atomic E-state index is 0.279. The van der Waals surface area contributed by atoms with Crippen molar-refractivity contribution in [3.8, 4) is 29.4 Å². The molecule has 0 amide bonds. The van der Waals surface area contributed by atoms with E-state index in [4.69, 9.17) is 20.2 Å². The third-order valence-electron chi connectivity index (χ3n) is 2.23. The molecule has 0 saturated heterocycles. The Kier molecular flexibility index (Phi) is 5.54. The fraction of sp³-hybridized carbons (Fsp3) is 0.143. The van der Waals surface area contributed by atoms with Crippen molar-refractivity contribution < 1.29 is 9.47 Å². The quantitative estimate of drug-likeness (QED) is 0.783. The monoisotopic (exact) mass is 306 g/mol. The normalized spacial score (nSPS) is 9.50. The van der Waals surface area contributed by atoms with Crippen LogP contribution >= 0.6 is 21.7 Å². The molecule has 0 aliphatic heterocycles. The zero-order valence-electron chi connectivity index (χ0n) is 10.7. The van der Waals surface area contributed by atoms with Crippen LogP contribution in [0.3, 0.4) is 0 Å². The van der Waals surface area contributed by atoms with E-state index in [1.807, 2.05) is 24.3 Å². The van der Waals surface area contributed by atoms with Gasteiger partial charge in [-0.1, -0.05) is 18.1 Å². The molecule has 0 radical (unpaired) electrons. The molecule has 0 fully saturated rings. The fourth-order valence-corrected chi connectivity index (χ4v) is 2.05. The Morgan fingerprint density at radius 3 is 2.85 bits per heavy atom. The summed E-state index contributed by atoms with van der Waals surface area (Å²) in [6, 6.07) is 9.03. The van der Waals surface area contributed by atoms with Crippen LogP contribution in [0, 0.1) is 11.8 Å². The van der Waals surface area contributed by atoms with Crippen LogP contribution in [0.5, 0.6) is 17.5 Å². The maximum absolute atomic E-state index is 5.78. The minimum Gasteiger partial charge on any atom is -0.464 e. The topological polar surface area (TPSA) is 44.2 Å². The molecule has 0 atom stereocenters. The number of halogens is 1. The first-order valence-electron chi connectivity index (χ1n) is 5.73. The van der Waals surface area contributed by atoms with E-state index < -0.39 is 0 Å². The lowest BCUT2D eigenvalue weighted by molar-refractivity contribution is 0.349. The lowest BCUT2D eigenvalue weighted by Crippen LogP contribution is -1.98. The van der Waals surface area contributed by atoms with Gasteiger partial charge in [-0.15, -0.1) is 5.92 Å². The van der Waals surface area contributed by atoms with Crippen molar-refractivity contribution >= 4 is 21.7 Å². The van der Waals surface area contributed by atoms with Crippen LogP contribution in [-0.4, -0.2) is 16.6 Å². The molecule has 20 heavy (non-hydrogen) atoms. The standard InChI is InChI=1S/C14H11ClN2O2S/c1-2-3-8-18-13-9-14(17-10-16-13)19-11-6-4-5-7-12(11)20-15/h4-7,9-10H,8H2,1H3. The van der Waals surface area contributed by atoms with E-state index in [9.17, 15) is 0 Å². The summed E-state index contributed by atoms with van der Waals surface area (Å²) in [6.45, 7) is 2.03. The molecular weight excluding hydrogens is 296 g/mol. The molecule has 0 spiro atoms. The van der Waals surface area contributed by atoms with Gasteiger partial charge in [0, 0.05) is 0 Å². The van der Waals surface area contributed by atoms with Crippen LogP contribution in [0.2, 0.25) is 0 Å². The molecular formula is C14H11ClN2O2S. The number of rotatable bonds is 5. The van der Waals surface area contributed by atoms with E-state index >= 15 is 0 Å². The predicted octanol–water partition coefficient (Wildman–Crippen LogP) is 3.92. The molecule has 4 nitrogen and oxygen atoms in total. The second-order valence-electron chi connectivity index (χ2n) is 3.54. The van der Waals surface area contributed by atoms with Crippen molar-refractivity contribution in [2.45, 2.75) is 11.8 Å². The van der Waals surface area contributed by atoms with Crippen molar-refractivity contribution in [1.82, 2.24) is 9.97 Å². The molecule has 0 saturated carbocycles. The van der Waals surface area contributed by atoms with Crippen LogP contribution < -0.4 is 9.47 Å². The van der Waals surface area contributed by atoms with Crippen molar-refractivity contribution in [1.29, 1.82) is 0 Å². The average Bonchev–Trinajstić information content (AvgIpc) is 2.48. The second-order valence-corrected chi connectivity index (χ2v) is 4.59. The minimum absolute atomic E-state index is 0.279. The number of ether oxygens (including phenoxy) is 2. The van der Waals surface area contributed by atoms with Gasteiger partial charge in [0.1, 0.15) is 12.1 Å². The highest BCUT2D eigenvalue weighted by atomic mass is 35.7. The Morgan fingerprint density at radius 2 is 2.05 bits per heavy atom. The van der Waals surface area contributed by atoms with Gasteiger partial charge in [0.05, 0.1) is 11.0 Å². The zero-order valence-corrected chi connectivity index (χ0v) is 12.2. The first-order chi connectivity index (χ1) is 9.83. The Bertz CT molecular complexity index is 640. The first kappa shape index (κ1) is 14.5. The number of aromatic nitrogens is 2. The molecule has 102 valence electrons. The highest BCUT2D eigenvalue weighted by Crippen LogP contribution is 2.34. The van der Waals surface area contributed by atoms with E-state index in [2.05, 4.69) is 21.8 Å². The van der Waals surface area contributed by atoms with E-state index in [1.165, 1.54) is 6.33 Å². The summed E-state index contributed by atoms with van der Waals surface area (Å²) in [4.78, 5) is 8.83. The maximum Gasteiger partial charge on any atom is 0.226 e. The molecule has 2 aromatic rings. The van der Waals surface area contributed by atoms with E-state index in [1.54, 1.807) is 13.0 Å². The molecule has 1 aromatic carbocycles. The fourth-order valence-electron chi connectivity index (χ4n) is 1.35. The van der Waals surface area contributed by atoms with Crippen LogP contribution in [0.15, 0.2) is 41.6 Å². The number of hydrogen-bond acceptors (Lipinski definition) is 5. The van der Waals surface area contributed by atoms with Crippen LogP contribution in [0.1, 0.15) is 6.92 Å². The maximum atomic E-state index is 5.78. The largest absolute Gasteiger partial charge is 0.464 e. The molecule has 1 heterocycles. The van der Waals surface area contributed by atoms with Crippen LogP contribution in [-0.2, 0) is 0 Å². The van der Waals surface area contributed by atoms with Crippen molar-refractivity contribution in [3.05, 3.63) is 36.7 Å². The summed E-state index contributed by atoms with van der Waals surface area (Å²) >= 11 is 0. The molecule has 0 aliphatic carbocycles. The van der Waals surface area contributed by atoms with Crippen LogP contribution in [0.25, 0.3) is 0 Å². The van der Waals surface area contributed by atoms with Crippen molar-refractivity contribution in [2.24, 2.45) is 0 Å². The Balaban J connectivity index is 2.12. The summed E-state index contributed by atoms with van der Waals surface area (Å²) in [5.74, 6) is 6.96. The van der Waals surface area contributed by atoms with Gasteiger partial charge < -0.3 is 9.47 Å². The van der Waals surface area contributed by atoms with Gasteiger partial charge in [0.25, 0.3) is 0 Å².